The molecule has 1 aromatic rings. The number of nitrogens with one attached hydrogen (secondary N) is 1. The Morgan fingerprint density at radius 1 is 1.25 bits per heavy atom. The zero-order chi connectivity index (χ0) is 12.3. The summed E-state index contributed by atoms with van der Waals surface area (Å²) in [6, 6.07) is 0. The predicted octanol–water partition coefficient (Wildman–Crippen LogP) is 3.11. The van der Waals surface area contributed by atoms with Gasteiger partial charge in [-0.1, -0.05) is 11.6 Å². The van der Waals surface area contributed by atoms with Crippen LogP contribution in [0.25, 0.3) is 0 Å². The fourth-order valence-corrected chi connectivity index (χ4v) is 1.30. The summed E-state index contributed by atoms with van der Waals surface area (Å²) in [6.45, 7) is 3.05. The molecule has 0 aromatic carbocycles. The number of aromatic nitrogens is 2. The van der Waals surface area contributed by atoms with Crippen LogP contribution >= 0.6 is 11.6 Å². The molecule has 0 radical (unpaired) electrons. The Hall–Kier alpha value is -1.04. The Morgan fingerprint density at radius 2 is 1.88 bits per heavy atom. The third-order valence-corrected chi connectivity index (χ3v) is 2.27. The normalized spacial score (nSPS) is 11.6. The summed E-state index contributed by atoms with van der Waals surface area (Å²) in [6.07, 6.45) is -5.08. The van der Waals surface area contributed by atoms with Crippen LogP contribution in [0.15, 0.2) is 0 Å². The van der Waals surface area contributed by atoms with Crippen molar-refractivity contribution >= 4 is 17.4 Å². The molecule has 0 fully saturated rings. The second-order valence-electron chi connectivity index (χ2n) is 3.33. The Morgan fingerprint density at radius 3 is 2.44 bits per heavy atom. The highest BCUT2D eigenvalue weighted by Crippen LogP contribution is 2.22. The van der Waals surface area contributed by atoms with Gasteiger partial charge in [-0.2, -0.15) is 13.2 Å². The zero-order valence-electron chi connectivity index (χ0n) is 8.82. The van der Waals surface area contributed by atoms with Crippen molar-refractivity contribution in [3.8, 4) is 0 Å². The van der Waals surface area contributed by atoms with Crippen LogP contribution < -0.4 is 5.32 Å². The van der Waals surface area contributed by atoms with Gasteiger partial charge in [-0.15, -0.1) is 0 Å². The summed E-state index contributed by atoms with van der Waals surface area (Å²) < 4.78 is 35.8. The first-order valence-corrected chi connectivity index (χ1v) is 4.99. The van der Waals surface area contributed by atoms with Crippen molar-refractivity contribution in [2.45, 2.75) is 26.4 Å². The van der Waals surface area contributed by atoms with Gasteiger partial charge in [0.1, 0.15) is 16.8 Å². The molecule has 0 aliphatic rings. The minimum absolute atomic E-state index is 0.225. The van der Waals surface area contributed by atoms with Crippen molar-refractivity contribution in [2.24, 2.45) is 0 Å². The zero-order valence-corrected chi connectivity index (χ0v) is 9.58. The summed E-state index contributed by atoms with van der Waals surface area (Å²) in [5, 5.41) is 2.85. The molecule has 1 N–H and O–H groups in total. The van der Waals surface area contributed by atoms with Gasteiger partial charge in [0.25, 0.3) is 0 Å². The molecule has 0 saturated heterocycles. The fourth-order valence-electron chi connectivity index (χ4n) is 1.09. The molecule has 0 saturated carbocycles. The van der Waals surface area contributed by atoms with Crippen LogP contribution in [-0.2, 0) is 0 Å². The molecule has 0 spiro atoms. The van der Waals surface area contributed by atoms with Crippen molar-refractivity contribution < 1.29 is 13.2 Å². The molecular weight excluding hydrogens is 243 g/mol. The topological polar surface area (TPSA) is 37.8 Å². The van der Waals surface area contributed by atoms with Crippen molar-refractivity contribution in [1.29, 1.82) is 0 Å². The Balaban J connectivity index is 2.67. The standard InChI is InChI=1S/C9H11ClF3N3/c1-5-7(10)15-6(2)16-8(5)14-4-3-9(11,12)13/h3-4H2,1-2H3,(H,14,15,16). The maximum atomic E-state index is 11.9. The molecule has 0 aliphatic heterocycles. The van der Waals surface area contributed by atoms with Gasteiger partial charge in [0.05, 0.1) is 6.42 Å². The average molecular weight is 254 g/mol. The minimum atomic E-state index is -4.17. The number of nitrogens with zero attached hydrogens (tertiary/aromatic N) is 2. The van der Waals surface area contributed by atoms with Crippen LogP contribution in [0.2, 0.25) is 5.15 Å². The van der Waals surface area contributed by atoms with E-state index >= 15 is 0 Å². The van der Waals surface area contributed by atoms with Gasteiger partial charge < -0.3 is 5.32 Å². The molecule has 0 bridgehead atoms. The lowest BCUT2D eigenvalue weighted by Gasteiger charge is -2.11. The Bertz CT molecular complexity index is 379. The summed E-state index contributed by atoms with van der Waals surface area (Å²) >= 11 is 5.77. The van der Waals surface area contributed by atoms with E-state index in [1.54, 1.807) is 13.8 Å². The van der Waals surface area contributed by atoms with E-state index in [0.717, 1.165) is 0 Å². The maximum absolute atomic E-state index is 11.9. The van der Waals surface area contributed by atoms with E-state index in [1.165, 1.54) is 0 Å². The van der Waals surface area contributed by atoms with Gasteiger partial charge in [0, 0.05) is 12.1 Å². The average Bonchev–Trinajstić information content (AvgIpc) is 2.11. The van der Waals surface area contributed by atoms with E-state index in [0.29, 0.717) is 17.2 Å². The number of halogens is 4. The quantitative estimate of drug-likeness (QED) is 0.841. The lowest BCUT2D eigenvalue weighted by atomic mass is 10.3. The summed E-state index contributed by atoms with van der Waals surface area (Å²) in [5.74, 6) is 0.770. The second kappa shape index (κ2) is 4.86. The molecule has 3 nitrogen and oxygen atoms in total. The van der Waals surface area contributed by atoms with Crippen LogP contribution in [-0.4, -0.2) is 22.7 Å². The first kappa shape index (κ1) is 13.0. The van der Waals surface area contributed by atoms with Gasteiger partial charge in [-0.3, -0.25) is 0 Å². The minimum Gasteiger partial charge on any atom is -0.369 e. The molecule has 1 rings (SSSR count). The van der Waals surface area contributed by atoms with E-state index in [2.05, 4.69) is 15.3 Å². The maximum Gasteiger partial charge on any atom is 0.390 e. The highest BCUT2D eigenvalue weighted by atomic mass is 35.5. The van der Waals surface area contributed by atoms with Gasteiger partial charge in [-0.05, 0) is 13.8 Å². The SMILES string of the molecule is Cc1nc(Cl)c(C)c(NCCC(F)(F)F)n1. The number of hydrogen-bond acceptors (Lipinski definition) is 3. The van der Waals surface area contributed by atoms with Crippen molar-refractivity contribution in [2.75, 3.05) is 11.9 Å². The van der Waals surface area contributed by atoms with E-state index in [1.807, 2.05) is 0 Å². The molecule has 0 amide bonds. The lowest BCUT2D eigenvalue weighted by Crippen LogP contribution is -2.16. The first-order chi connectivity index (χ1) is 7.29. The molecule has 1 heterocycles. The first-order valence-electron chi connectivity index (χ1n) is 4.61. The summed E-state index contributed by atoms with van der Waals surface area (Å²) in [7, 11) is 0. The number of rotatable bonds is 3. The van der Waals surface area contributed by atoms with Crippen molar-refractivity contribution in [3.05, 3.63) is 16.5 Å². The molecular formula is C9H11ClF3N3. The molecule has 16 heavy (non-hydrogen) atoms. The largest absolute Gasteiger partial charge is 0.390 e. The van der Waals surface area contributed by atoms with Crippen LogP contribution in [0.1, 0.15) is 17.8 Å². The van der Waals surface area contributed by atoms with Gasteiger partial charge in [0.2, 0.25) is 0 Å². The Kier molecular flexibility index (Phi) is 3.96. The highest BCUT2D eigenvalue weighted by Gasteiger charge is 2.26. The number of alkyl halides is 3. The second-order valence-corrected chi connectivity index (χ2v) is 3.69. The summed E-state index contributed by atoms with van der Waals surface area (Å²) in [5.41, 5.74) is 0.550. The van der Waals surface area contributed by atoms with Gasteiger partial charge in [0.15, 0.2) is 0 Å². The van der Waals surface area contributed by atoms with Crippen LogP contribution in [0, 0.1) is 13.8 Å². The molecule has 0 unspecified atom stereocenters. The van der Waals surface area contributed by atoms with E-state index in [9.17, 15) is 13.2 Å². The fraction of sp³-hybridized carbons (Fsp3) is 0.556. The third-order valence-electron chi connectivity index (χ3n) is 1.90. The van der Waals surface area contributed by atoms with Crippen LogP contribution in [0.5, 0.6) is 0 Å². The molecule has 1 aromatic heterocycles. The van der Waals surface area contributed by atoms with Crippen LogP contribution in [0.3, 0.4) is 0 Å². The van der Waals surface area contributed by atoms with Gasteiger partial charge in [-0.25, -0.2) is 9.97 Å². The molecule has 7 heteroatoms. The number of anilines is 1. The molecule has 0 atom stereocenters. The highest BCUT2D eigenvalue weighted by molar-refractivity contribution is 6.30. The monoisotopic (exact) mass is 253 g/mol. The smallest absolute Gasteiger partial charge is 0.369 e. The third kappa shape index (κ3) is 3.84. The van der Waals surface area contributed by atoms with Crippen LogP contribution in [0.4, 0.5) is 19.0 Å². The van der Waals surface area contributed by atoms with E-state index in [4.69, 9.17) is 11.6 Å². The number of hydrogen-bond donors (Lipinski definition) is 1. The van der Waals surface area contributed by atoms with Crippen molar-refractivity contribution in [1.82, 2.24) is 9.97 Å². The Labute approximate surface area is 96.0 Å². The molecule has 90 valence electrons. The summed E-state index contributed by atoms with van der Waals surface area (Å²) in [4.78, 5) is 7.86. The van der Waals surface area contributed by atoms with E-state index < -0.39 is 12.6 Å². The lowest BCUT2D eigenvalue weighted by molar-refractivity contribution is -0.131. The molecule has 0 aliphatic carbocycles. The number of aryl methyl sites for hydroxylation is 1. The van der Waals surface area contributed by atoms with E-state index in [-0.39, 0.29) is 11.7 Å². The predicted molar refractivity (Wildman–Crippen MR) is 55.7 cm³/mol. The van der Waals surface area contributed by atoms with Gasteiger partial charge >= 0.3 is 6.18 Å². The van der Waals surface area contributed by atoms with Crippen molar-refractivity contribution in [3.63, 3.8) is 0 Å².